The van der Waals surface area contributed by atoms with Gasteiger partial charge in [0, 0.05) is 34.3 Å². The van der Waals surface area contributed by atoms with Gasteiger partial charge in [0.25, 0.3) is 11.6 Å². The van der Waals surface area contributed by atoms with Crippen LogP contribution in [0.25, 0.3) is 11.4 Å². The molecule has 1 aromatic heterocycles. The third-order valence-corrected chi connectivity index (χ3v) is 4.47. The lowest BCUT2D eigenvalue weighted by Gasteiger charge is -2.18. The van der Waals surface area contributed by atoms with Gasteiger partial charge in [0.2, 0.25) is 11.7 Å². The van der Waals surface area contributed by atoms with Crippen molar-refractivity contribution in [2.75, 3.05) is 6.54 Å². The quantitative estimate of drug-likeness (QED) is 0.452. The van der Waals surface area contributed by atoms with Gasteiger partial charge in [-0.1, -0.05) is 22.8 Å². The second-order valence-corrected chi connectivity index (χ2v) is 6.53. The van der Waals surface area contributed by atoms with Crippen LogP contribution in [0, 0.1) is 17.0 Å². The van der Waals surface area contributed by atoms with Gasteiger partial charge in [-0.25, -0.2) is 0 Å². The first-order chi connectivity index (χ1) is 13.4. The molecule has 0 aliphatic heterocycles. The number of aromatic nitrogens is 2. The number of amides is 1. The molecular weight excluding hydrogens is 384 g/mol. The molecule has 0 radical (unpaired) electrons. The number of aryl methyl sites for hydroxylation is 1. The summed E-state index contributed by atoms with van der Waals surface area (Å²) >= 11 is 5.87. The van der Waals surface area contributed by atoms with Crippen LogP contribution in [-0.2, 0) is 6.54 Å². The SMILES string of the molecule is CCN(Cc1nc(-c2ccc(Cl)cc2)no1)C(=O)c1ccc(C)c([N+](=O)[O-])c1. The standard InChI is InChI=1S/C19H17ClN4O4/c1-3-23(19(25)14-5-4-12(2)16(10-14)24(26)27)11-17-21-18(22-28-17)13-6-8-15(20)9-7-13/h4-10H,3,11H2,1-2H3. The van der Waals surface area contributed by atoms with E-state index in [4.69, 9.17) is 16.1 Å². The second kappa shape index (κ2) is 8.18. The summed E-state index contributed by atoms with van der Waals surface area (Å²) in [4.78, 5) is 29.2. The molecule has 0 bridgehead atoms. The van der Waals surface area contributed by atoms with Gasteiger partial charge in [-0.05, 0) is 44.2 Å². The Morgan fingerprint density at radius 2 is 1.96 bits per heavy atom. The van der Waals surface area contributed by atoms with Crippen molar-refractivity contribution < 1.29 is 14.2 Å². The van der Waals surface area contributed by atoms with Gasteiger partial charge in [-0.3, -0.25) is 14.9 Å². The van der Waals surface area contributed by atoms with Gasteiger partial charge < -0.3 is 9.42 Å². The lowest BCUT2D eigenvalue weighted by Crippen LogP contribution is -2.30. The monoisotopic (exact) mass is 400 g/mol. The number of nitro benzene ring substituents is 1. The van der Waals surface area contributed by atoms with Crippen LogP contribution >= 0.6 is 11.6 Å². The molecule has 0 spiro atoms. The van der Waals surface area contributed by atoms with Crippen molar-refractivity contribution in [3.8, 4) is 11.4 Å². The van der Waals surface area contributed by atoms with Crippen molar-refractivity contribution in [2.45, 2.75) is 20.4 Å². The molecule has 0 N–H and O–H groups in total. The van der Waals surface area contributed by atoms with Gasteiger partial charge in [0.1, 0.15) is 6.54 Å². The molecule has 0 aliphatic rings. The summed E-state index contributed by atoms with van der Waals surface area (Å²) in [5.41, 5.74) is 1.37. The highest BCUT2D eigenvalue weighted by Gasteiger charge is 2.21. The van der Waals surface area contributed by atoms with Gasteiger partial charge in [0.05, 0.1) is 4.92 Å². The van der Waals surface area contributed by atoms with Crippen molar-refractivity contribution in [3.05, 3.63) is 74.6 Å². The van der Waals surface area contributed by atoms with E-state index in [0.717, 1.165) is 5.56 Å². The lowest BCUT2D eigenvalue weighted by atomic mass is 10.1. The molecular formula is C19H17ClN4O4. The van der Waals surface area contributed by atoms with Crippen LogP contribution < -0.4 is 0 Å². The minimum Gasteiger partial charge on any atom is -0.337 e. The fourth-order valence-electron chi connectivity index (χ4n) is 2.65. The van der Waals surface area contributed by atoms with E-state index in [2.05, 4.69) is 10.1 Å². The fraction of sp³-hybridized carbons (Fsp3) is 0.211. The molecule has 0 atom stereocenters. The average molecular weight is 401 g/mol. The van der Waals surface area contributed by atoms with Crippen LogP contribution in [-0.4, -0.2) is 32.4 Å². The Bertz CT molecular complexity index is 1020. The molecule has 1 amide bonds. The van der Waals surface area contributed by atoms with E-state index in [1.54, 1.807) is 50.2 Å². The minimum atomic E-state index is -0.501. The molecule has 9 heteroatoms. The summed E-state index contributed by atoms with van der Waals surface area (Å²) in [5, 5.41) is 15.7. The smallest absolute Gasteiger partial charge is 0.273 e. The number of hydrogen-bond donors (Lipinski definition) is 0. The summed E-state index contributed by atoms with van der Waals surface area (Å²) in [5.74, 6) is 0.305. The van der Waals surface area contributed by atoms with Crippen LogP contribution in [0.1, 0.15) is 28.7 Å². The third-order valence-electron chi connectivity index (χ3n) is 4.22. The van der Waals surface area contributed by atoms with E-state index in [9.17, 15) is 14.9 Å². The first-order valence-electron chi connectivity index (χ1n) is 8.52. The van der Waals surface area contributed by atoms with Crippen LogP contribution in [0.2, 0.25) is 5.02 Å². The minimum absolute atomic E-state index is 0.0929. The number of nitro groups is 1. The van der Waals surface area contributed by atoms with Crippen molar-refractivity contribution in [1.29, 1.82) is 0 Å². The van der Waals surface area contributed by atoms with Crippen LogP contribution in [0.15, 0.2) is 47.0 Å². The second-order valence-electron chi connectivity index (χ2n) is 6.10. The number of benzene rings is 2. The summed E-state index contributed by atoms with van der Waals surface area (Å²) in [6.45, 7) is 3.90. The molecule has 0 unspecified atom stereocenters. The predicted octanol–water partition coefficient (Wildman–Crippen LogP) is 4.27. The molecule has 0 saturated heterocycles. The maximum absolute atomic E-state index is 12.8. The molecule has 0 aliphatic carbocycles. The van der Waals surface area contributed by atoms with E-state index >= 15 is 0 Å². The van der Waals surface area contributed by atoms with Crippen LogP contribution in [0.3, 0.4) is 0 Å². The Kier molecular flexibility index (Phi) is 5.70. The van der Waals surface area contributed by atoms with Gasteiger partial charge in [-0.15, -0.1) is 0 Å². The van der Waals surface area contributed by atoms with Crippen LogP contribution in [0.5, 0.6) is 0 Å². The van der Waals surface area contributed by atoms with E-state index in [-0.39, 0.29) is 29.6 Å². The van der Waals surface area contributed by atoms with E-state index in [1.165, 1.54) is 11.0 Å². The molecule has 3 rings (SSSR count). The van der Waals surface area contributed by atoms with Gasteiger partial charge >= 0.3 is 0 Å². The normalized spacial score (nSPS) is 10.7. The molecule has 3 aromatic rings. The zero-order chi connectivity index (χ0) is 20.3. The molecule has 1 heterocycles. The maximum Gasteiger partial charge on any atom is 0.273 e. The predicted molar refractivity (Wildman–Crippen MR) is 103 cm³/mol. The Hall–Kier alpha value is -3.26. The van der Waals surface area contributed by atoms with Crippen molar-refractivity contribution in [2.24, 2.45) is 0 Å². The number of carbonyl (C=O) groups excluding carboxylic acids is 1. The van der Waals surface area contributed by atoms with Crippen molar-refractivity contribution >= 4 is 23.2 Å². The zero-order valence-corrected chi connectivity index (χ0v) is 16.0. The largest absolute Gasteiger partial charge is 0.337 e. The summed E-state index contributed by atoms with van der Waals surface area (Å²) < 4.78 is 5.25. The Labute approximate surface area is 165 Å². The Morgan fingerprint density at radius 1 is 1.25 bits per heavy atom. The fourth-order valence-corrected chi connectivity index (χ4v) is 2.77. The molecule has 8 nitrogen and oxygen atoms in total. The van der Waals surface area contributed by atoms with E-state index in [0.29, 0.717) is 23.0 Å². The Balaban J connectivity index is 1.79. The topological polar surface area (TPSA) is 102 Å². The number of nitrogens with zero attached hydrogens (tertiary/aromatic N) is 4. The van der Waals surface area contributed by atoms with Crippen LogP contribution in [0.4, 0.5) is 5.69 Å². The first kappa shape index (κ1) is 19.5. The van der Waals surface area contributed by atoms with Crippen molar-refractivity contribution in [3.63, 3.8) is 0 Å². The molecule has 0 fully saturated rings. The number of hydrogen-bond acceptors (Lipinski definition) is 6. The number of carbonyl (C=O) groups is 1. The van der Waals surface area contributed by atoms with Crippen molar-refractivity contribution in [1.82, 2.24) is 15.0 Å². The number of rotatable bonds is 6. The summed E-state index contributed by atoms with van der Waals surface area (Å²) in [6, 6.07) is 11.4. The van der Waals surface area contributed by atoms with E-state index in [1.807, 2.05) is 0 Å². The highest BCUT2D eigenvalue weighted by atomic mass is 35.5. The van der Waals surface area contributed by atoms with E-state index < -0.39 is 4.92 Å². The Morgan fingerprint density at radius 3 is 2.61 bits per heavy atom. The number of halogens is 1. The zero-order valence-electron chi connectivity index (χ0n) is 15.3. The molecule has 28 heavy (non-hydrogen) atoms. The highest BCUT2D eigenvalue weighted by molar-refractivity contribution is 6.30. The molecule has 2 aromatic carbocycles. The first-order valence-corrected chi connectivity index (χ1v) is 8.89. The van der Waals surface area contributed by atoms with Gasteiger partial charge in [0.15, 0.2) is 0 Å². The summed E-state index contributed by atoms with van der Waals surface area (Å²) in [7, 11) is 0. The highest BCUT2D eigenvalue weighted by Crippen LogP contribution is 2.22. The summed E-state index contributed by atoms with van der Waals surface area (Å²) in [6.07, 6.45) is 0. The molecule has 144 valence electrons. The third kappa shape index (κ3) is 4.17. The van der Waals surface area contributed by atoms with Gasteiger partial charge in [-0.2, -0.15) is 4.98 Å². The average Bonchev–Trinajstić information content (AvgIpc) is 3.15. The maximum atomic E-state index is 12.8. The lowest BCUT2D eigenvalue weighted by molar-refractivity contribution is -0.385. The molecule has 0 saturated carbocycles.